The van der Waals surface area contributed by atoms with E-state index in [1.165, 1.54) is 77.0 Å². The van der Waals surface area contributed by atoms with Gasteiger partial charge in [-0.25, -0.2) is 0 Å². The molecule has 0 aliphatic carbocycles. The van der Waals surface area contributed by atoms with Crippen LogP contribution in [0.25, 0.3) is 0 Å². The van der Waals surface area contributed by atoms with E-state index in [0.29, 0.717) is 0 Å². The van der Waals surface area contributed by atoms with Crippen molar-refractivity contribution in [3.8, 4) is 0 Å². The van der Waals surface area contributed by atoms with Crippen LogP contribution in [0.1, 0.15) is 243 Å². The molecule has 240 valence electrons. The summed E-state index contributed by atoms with van der Waals surface area (Å²) >= 11 is 0. The zero-order valence-corrected chi connectivity index (χ0v) is 32.5. The van der Waals surface area contributed by atoms with Crippen LogP contribution >= 0.6 is 0 Å². The minimum Gasteiger partial charge on any atom is -0.0656 e. The second-order valence-corrected chi connectivity index (χ2v) is 8.49. The van der Waals surface area contributed by atoms with E-state index in [9.17, 15) is 0 Å². The molecule has 0 aliphatic heterocycles. The van der Waals surface area contributed by atoms with Crippen molar-refractivity contribution >= 4 is 0 Å². The van der Waals surface area contributed by atoms with Gasteiger partial charge in [0.25, 0.3) is 0 Å². The van der Waals surface area contributed by atoms with Crippen LogP contribution in [0.3, 0.4) is 0 Å². The first-order valence-corrected chi connectivity index (χ1v) is 17.0. The maximum absolute atomic E-state index is 2.12. The van der Waals surface area contributed by atoms with Crippen molar-refractivity contribution in [2.24, 2.45) is 0 Å². The Labute approximate surface area is 243 Å². The fraction of sp³-hybridized carbons (Fsp3) is 1.00. The number of hydrogen-bond donors (Lipinski definition) is 0. The van der Waals surface area contributed by atoms with Gasteiger partial charge in [0.15, 0.2) is 0 Å². The second-order valence-electron chi connectivity index (χ2n) is 8.49. The van der Waals surface area contributed by atoms with E-state index < -0.39 is 0 Å². The van der Waals surface area contributed by atoms with E-state index in [2.05, 4.69) is 166 Å². The normalized spacial score (nSPS) is 6.00. The van der Waals surface area contributed by atoms with Gasteiger partial charge in [0.05, 0.1) is 0 Å². The van der Waals surface area contributed by atoms with Crippen LogP contribution in [0.15, 0.2) is 0 Å². The predicted molar refractivity (Wildman–Crippen MR) is 192 cm³/mol. The molecule has 0 aliphatic rings. The number of rotatable bonds is 0. The topological polar surface area (TPSA) is 0 Å². The maximum Gasteiger partial charge on any atom is -0.0590 e. The minimum atomic E-state index is 1.25. The quantitative estimate of drug-likeness (QED) is 0.293. The van der Waals surface area contributed by atoms with Gasteiger partial charge in [-0.15, -0.1) is 0 Å². The molecule has 0 heteroatoms. The van der Waals surface area contributed by atoms with Crippen LogP contribution in [-0.2, 0) is 0 Å². The summed E-state index contributed by atoms with van der Waals surface area (Å²) in [6, 6.07) is 0. The summed E-state index contributed by atoms with van der Waals surface area (Å²) in [6.45, 7) is 51.0. The third-order valence-corrected chi connectivity index (χ3v) is 0. The molecule has 0 bridgehead atoms. The summed E-state index contributed by atoms with van der Waals surface area (Å²) in [6.07, 6.45) is 15.0. The zero-order valence-electron chi connectivity index (χ0n) is 32.5. The van der Waals surface area contributed by atoms with Gasteiger partial charge in [-0.2, -0.15) is 0 Å². The largest absolute Gasteiger partial charge is 0.0656 e. The molecule has 0 atom stereocenters. The van der Waals surface area contributed by atoms with Crippen molar-refractivity contribution in [1.82, 2.24) is 0 Å². The maximum atomic E-state index is 2.12. The molecular formula is C36H96. The molecule has 0 aromatic carbocycles. The molecule has 36 heavy (non-hydrogen) atoms. The van der Waals surface area contributed by atoms with Crippen molar-refractivity contribution in [2.45, 2.75) is 243 Å². The van der Waals surface area contributed by atoms with E-state index in [1.807, 2.05) is 0 Å². The van der Waals surface area contributed by atoms with E-state index >= 15 is 0 Å². The first-order chi connectivity index (χ1) is 17.0. The van der Waals surface area contributed by atoms with Crippen molar-refractivity contribution in [3.05, 3.63) is 0 Å². The van der Waals surface area contributed by atoms with Gasteiger partial charge >= 0.3 is 0 Å². The van der Waals surface area contributed by atoms with Crippen LogP contribution < -0.4 is 0 Å². The van der Waals surface area contributed by atoms with Gasteiger partial charge in [-0.1, -0.05) is 243 Å². The fourth-order valence-electron chi connectivity index (χ4n) is 0. The Morgan fingerprint density at radius 2 is 0.111 bits per heavy atom. The summed E-state index contributed by atoms with van der Waals surface area (Å²) in [5, 5.41) is 0. The fourth-order valence-corrected chi connectivity index (χ4v) is 0. The summed E-state index contributed by atoms with van der Waals surface area (Å²) < 4.78 is 0. The summed E-state index contributed by atoms with van der Waals surface area (Å²) in [5.74, 6) is 0. The molecule has 0 nitrogen and oxygen atoms in total. The molecule has 0 heterocycles. The van der Waals surface area contributed by atoms with Gasteiger partial charge < -0.3 is 0 Å². The molecular weight excluding hydrogens is 432 g/mol. The Bertz CT molecular complexity index is 43.0. The van der Waals surface area contributed by atoms with Crippen LogP contribution in [0.5, 0.6) is 0 Å². The monoisotopic (exact) mass is 529 g/mol. The van der Waals surface area contributed by atoms with E-state index in [1.54, 1.807) is 0 Å². The Morgan fingerprint density at radius 1 is 0.111 bits per heavy atom. The molecule has 0 rings (SSSR count). The average Bonchev–Trinajstić information content (AvgIpc) is 2.75. The summed E-state index contributed by atoms with van der Waals surface area (Å²) in [5.41, 5.74) is 0. The van der Waals surface area contributed by atoms with Crippen molar-refractivity contribution < 1.29 is 0 Å². The lowest BCUT2D eigenvalue weighted by molar-refractivity contribution is 1.09. The van der Waals surface area contributed by atoms with Crippen molar-refractivity contribution in [3.63, 3.8) is 0 Å². The third kappa shape index (κ3) is 0. The Balaban J connectivity index is -0.0000000175. The van der Waals surface area contributed by atoms with Gasteiger partial charge in [-0.05, 0) is 0 Å². The molecule has 0 unspecified atom stereocenters. The van der Waals surface area contributed by atoms with Crippen LogP contribution in [-0.4, -0.2) is 0 Å². The molecule has 0 N–H and O–H groups in total. The van der Waals surface area contributed by atoms with Gasteiger partial charge in [0.2, 0.25) is 0 Å². The molecule has 0 saturated carbocycles. The second kappa shape index (κ2) is 281. The van der Waals surface area contributed by atoms with Gasteiger partial charge in [0.1, 0.15) is 0 Å². The molecule has 0 amide bonds. The minimum absolute atomic E-state index is 1.25. The Kier molecular flexibility index (Phi) is 598. The number of hydrogen-bond acceptors (Lipinski definition) is 0. The Morgan fingerprint density at radius 3 is 0.111 bits per heavy atom. The molecule has 0 radical (unpaired) electrons. The van der Waals surface area contributed by atoms with Gasteiger partial charge in [0, 0.05) is 0 Å². The van der Waals surface area contributed by atoms with Crippen LogP contribution in [0, 0.1) is 0 Å². The first-order valence-electron chi connectivity index (χ1n) is 17.0. The van der Waals surface area contributed by atoms with E-state index in [4.69, 9.17) is 0 Å². The average molecular weight is 529 g/mol. The predicted octanol–water partition coefficient (Wildman–Crippen LogP) is 17.0. The summed E-state index contributed by atoms with van der Waals surface area (Å²) in [4.78, 5) is 0. The van der Waals surface area contributed by atoms with E-state index in [0.717, 1.165) is 0 Å². The lowest BCUT2D eigenvalue weighted by atomic mass is 10.6. The van der Waals surface area contributed by atoms with E-state index in [-0.39, 0.29) is 0 Å². The highest BCUT2D eigenvalue weighted by Gasteiger charge is 1.38. The third-order valence-electron chi connectivity index (χ3n) is 0. The summed E-state index contributed by atoms with van der Waals surface area (Å²) in [7, 11) is 0. The van der Waals surface area contributed by atoms with Gasteiger partial charge in [-0.3, -0.25) is 0 Å². The molecule has 0 fully saturated rings. The molecule has 0 spiro atoms. The lowest BCUT2D eigenvalue weighted by Crippen LogP contribution is -1.27. The highest BCUT2D eigenvalue weighted by atomic mass is 13.5. The SMILES string of the molecule is CCC.CCC.CCC.CCC.CCC.CCC.CCC.CCC.CCC.CCC.CCC.CCC. The molecule has 0 saturated heterocycles. The van der Waals surface area contributed by atoms with Crippen molar-refractivity contribution in [2.75, 3.05) is 0 Å². The first kappa shape index (κ1) is 76.6. The lowest BCUT2D eigenvalue weighted by Gasteiger charge is -1.48. The Hall–Kier alpha value is 0. The van der Waals surface area contributed by atoms with Crippen LogP contribution in [0.4, 0.5) is 0 Å². The standard InChI is InChI=1S/12C3H8/c12*1-3-2/h12*3H2,1-2H3. The van der Waals surface area contributed by atoms with Crippen LogP contribution in [0.2, 0.25) is 0 Å². The van der Waals surface area contributed by atoms with Crippen molar-refractivity contribution in [1.29, 1.82) is 0 Å². The zero-order chi connectivity index (χ0) is 32.5. The molecule has 0 aromatic rings. The molecule has 0 aromatic heterocycles. The highest BCUT2D eigenvalue weighted by molar-refractivity contribution is 3.95. The smallest absolute Gasteiger partial charge is 0.0590 e. The highest BCUT2D eigenvalue weighted by Crippen LogP contribution is 1.59.